The van der Waals surface area contributed by atoms with E-state index in [1.807, 2.05) is 0 Å². The van der Waals surface area contributed by atoms with Gasteiger partial charge in [0.25, 0.3) is 0 Å². The highest BCUT2D eigenvalue weighted by molar-refractivity contribution is 4.81. The Morgan fingerprint density at radius 2 is 0.733 bits per heavy atom. The molecule has 0 aliphatic carbocycles. The van der Waals surface area contributed by atoms with E-state index in [4.69, 9.17) is 0 Å². The molecule has 0 radical (unpaired) electrons. The predicted octanol–water partition coefficient (Wildman–Crippen LogP) is 11.6. The number of unbranched alkanes of at least 4 members (excludes halogenated alkanes) is 17. The van der Waals surface area contributed by atoms with E-state index in [-0.39, 0.29) is 0 Å². The van der Waals surface area contributed by atoms with E-state index >= 15 is 0 Å². The van der Waals surface area contributed by atoms with Gasteiger partial charge in [0.15, 0.2) is 0 Å². The third kappa shape index (κ3) is 24.0. The predicted molar refractivity (Wildman–Crippen MR) is 140 cm³/mol. The van der Waals surface area contributed by atoms with Gasteiger partial charge in [-0.3, -0.25) is 0 Å². The minimum Gasteiger partial charge on any atom is -0.0885 e. The average molecular weight is 421 g/mol. The second-order valence-corrected chi connectivity index (χ2v) is 9.94. The van der Waals surface area contributed by atoms with E-state index in [0.29, 0.717) is 0 Å². The van der Waals surface area contributed by atoms with Crippen molar-refractivity contribution in [2.24, 2.45) is 5.92 Å². The van der Waals surface area contributed by atoms with E-state index in [1.54, 1.807) is 0 Å². The molecule has 0 heteroatoms. The van der Waals surface area contributed by atoms with Gasteiger partial charge in [-0.25, -0.2) is 0 Å². The van der Waals surface area contributed by atoms with Crippen molar-refractivity contribution in [3.8, 4) is 0 Å². The molecule has 0 aromatic rings. The first-order valence-corrected chi connectivity index (χ1v) is 14.5. The van der Waals surface area contributed by atoms with Gasteiger partial charge in [-0.2, -0.15) is 0 Å². The van der Waals surface area contributed by atoms with Crippen LogP contribution in [-0.2, 0) is 0 Å². The van der Waals surface area contributed by atoms with Crippen LogP contribution in [0.3, 0.4) is 0 Å². The molecular weight excluding hydrogens is 360 g/mol. The minimum absolute atomic E-state index is 1.02. The highest BCUT2D eigenvalue weighted by Gasteiger charge is 2.07. The smallest absolute Gasteiger partial charge is 0.0351 e. The van der Waals surface area contributed by atoms with Gasteiger partial charge in [0.2, 0.25) is 0 Å². The lowest BCUT2D eigenvalue weighted by Gasteiger charge is -2.16. The molecule has 0 nitrogen and oxygen atoms in total. The first-order valence-electron chi connectivity index (χ1n) is 14.5. The number of hydrogen-bond acceptors (Lipinski definition) is 0. The quantitative estimate of drug-likeness (QED) is 0.102. The van der Waals surface area contributed by atoms with E-state index in [9.17, 15) is 0 Å². The first kappa shape index (κ1) is 29.7. The standard InChI is InChI=1S/C30H60/c1-4-7-9-11-13-15-17-19-21-23-25-28-30(27-6-3)29-26-24-22-20-18-16-14-12-10-8-5-2/h15,17,30H,4-14,16,18-29H2,1-3H3. The number of rotatable bonds is 25. The van der Waals surface area contributed by atoms with Crippen molar-refractivity contribution in [1.82, 2.24) is 0 Å². The fourth-order valence-corrected chi connectivity index (χ4v) is 4.74. The molecule has 0 spiro atoms. The normalized spacial score (nSPS) is 12.8. The van der Waals surface area contributed by atoms with Crippen molar-refractivity contribution in [3.05, 3.63) is 12.2 Å². The van der Waals surface area contributed by atoms with Crippen LogP contribution in [0.1, 0.15) is 175 Å². The van der Waals surface area contributed by atoms with Crippen LogP contribution in [0.5, 0.6) is 0 Å². The summed E-state index contributed by atoms with van der Waals surface area (Å²) in [5, 5.41) is 0. The Morgan fingerprint density at radius 3 is 1.17 bits per heavy atom. The Morgan fingerprint density at radius 1 is 0.367 bits per heavy atom. The highest BCUT2D eigenvalue weighted by atomic mass is 14.1. The van der Waals surface area contributed by atoms with Crippen LogP contribution in [0, 0.1) is 5.92 Å². The van der Waals surface area contributed by atoms with Crippen molar-refractivity contribution >= 4 is 0 Å². The van der Waals surface area contributed by atoms with Crippen molar-refractivity contribution in [3.63, 3.8) is 0 Å². The molecule has 1 atom stereocenters. The Labute approximate surface area is 193 Å². The summed E-state index contributed by atoms with van der Waals surface area (Å²) in [5.74, 6) is 1.02. The molecule has 0 saturated heterocycles. The Balaban J connectivity index is 3.46. The highest BCUT2D eigenvalue weighted by Crippen LogP contribution is 2.23. The third-order valence-electron chi connectivity index (χ3n) is 6.79. The molecule has 180 valence electrons. The van der Waals surface area contributed by atoms with Gasteiger partial charge in [-0.1, -0.05) is 161 Å². The zero-order valence-corrected chi connectivity index (χ0v) is 21.7. The van der Waals surface area contributed by atoms with E-state index in [1.165, 1.54) is 154 Å². The molecule has 0 fully saturated rings. The summed E-state index contributed by atoms with van der Waals surface area (Å²) in [5.41, 5.74) is 0. The Hall–Kier alpha value is -0.260. The Bertz CT molecular complexity index is 316. The minimum atomic E-state index is 1.02. The van der Waals surface area contributed by atoms with Crippen molar-refractivity contribution in [1.29, 1.82) is 0 Å². The SMILES string of the molecule is CCCCCCC=CCCCCCC(CCC)CCCCCCCCCCCCC. The topological polar surface area (TPSA) is 0 Å². The molecule has 0 bridgehead atoms. The second kappa shape index (κ2) is 26.8. The summed E-state index contributed by atoms with van der Waals surface area (Å²) in [6.07, 6.45) is 39.3. The summed E-state index contributed by atoms with van der Waals surface area (Å²) < 4.78 is 0. The second-order valence-electron chi connectivity index (χ2n) is 9.94. The number of allylic oxidation sites excluding steroid dienone is 2. The van der Waals surface area contributed by atoms with Gasteiger partial charge < -0.3 is 0 Å². The maximum atomic E-state index is 2.45. The van der Waals surface area contributed by atoms with Crippen LogP contribution in [0.2, 0.25) is 0 Å². The molecule has 1 unspecified atom stereocenters. The summed E-state index contributed by atoms with van der Waals surface area (Å²) in [6.45, 7) is 6.97. The maximum Gasteiger partial charge on any atom is -0.0351 e. The molecule has 0 rings (SSSR count). The van der Waals surface area contributed by atoms with Crippen LogP contribution >= 0.6 is 0 Å². The van der Waals surface area contributed by atoms with Gasteiger partial charge in [-0.05, 0) is 31.6 Å². The molecule has 0 N–H and O–H groups in total. The lowest BCUT2D eigenvalue weighted by atomic mass is 9.90. The molecule has 0 aliphatic heterocycles. The van der Waals surface area contributed by atoms with Crippen molar-refractivity contribution in [2.45, 2.75) is 175 Å². The summed E-state index contributed by atoms with van der Waals surface area (Å²) in [6, 6.07) is 0. The Kier molecular flexibility index (Phi) is 26.5. The van der Waals surface area contributed by atoms with Crippen LogP contribution in [0.4, 0.5) is 0 Å². The van der Waals surface area contributed by atoms with Gasteiger partial charge in [0, 0.05) is 0 Å². The average Bonchev–Trinajstić information content (AvgIpc) is 2.75. The molecule has 0 aliphatic rings. The molecule has 30 heavy (non-hydrogen) atoms. The fraction of sp³-hybridized carbons (Fsp3) is 0.933. The fourth-order valence-electron chi connectivity index (χ4n) is 4.74. The van der Waals surface area contributed by atoms with Gasteiger partial charge >= 0.3 is 0 Å². The summed E-state index contributed by atoms with van der Waals surface area (Å²) in [7, 11) is 0. The molecular formula is C30H60. The van der Waals surface area contributed by atoms with Crippen molar-refractivity contribution < 1.29 is 0 Å². The molecule has 0 aromatic carbocycles. The molecule has 0 aromatic heterocycles. The monoisotopic (exact) mass is 420 g/mol. The van der Waals surface area contributed by atoms with E-state index in [2.05, 4.69) is 32.9 Å². The molecule has 0 heterocycles. The van der Waals surface area contributed by atoms with E-state index in [0.717, 1.165) is 5.92 Å². The van der Waals surface area contributed by atoms with Gasteiger partial charge in [0.05, 0.1) is 0 Å². The van der Waals surface area contributed by atoms with Crippen LogP contribution in [-0.4, -0.2) is 0 Å². The van der Waals surface area contributed by atoms with E-state index < -0.39 is 0 Å². The van der Waals surface area contributed by atoms with Gasteiger partial charge in [0.1, 0.15) is 0 Å². The lowest BCUT2D eigenvalue weighted by molar-refractivity contribution is 0.378. The first-order chi connectivity index (χ1) is 14.8. The van der Waals surface area contributed by atoms with Crippen molar-refractivity contribution in [2.75, 3.05) is 0 Å². The largest absolute Gasteiger partial charge is 0.0885 e. The number of hydrogen-bond donors (Lipinski definition) is 0. The molecule has 0 saturated carbocycles. The summed E-state index contributed by atoms with van der Waals surface area (Å²) in [4.78, 5) is 0. The van der Waals surface area contributed by atoms with Crippen LogP contribution in [0.15, 0.2) is 12.2 Å². The van der Waals surface area contributed by atoms with Crippen LogP contribution < -0.4 is 0 Å². The lowest BCUT2D eigenvalue weighted by Crippen LogP contribution is -2.00. The zero-order valence-electron chi connectivity index (χ0n) is 21.7. The van der Waals surface area contributed by atoms with Crippen LogP contribution in [0.25, 0.3) is 0 Å². The van der Waals surface area contributed by atoms with Gasteiger partial charge in [-0.15, -0.1) is 0 Å². The summed E-state index contributed by atoms with van der Waals surface area (Å²) >= 11 is 0. The maximum absolute atomic E-state index is 2.45. The molecule has 0 amide bonds. The zero-order chi connectivity index (χ0) is 22.0. The third-order valence-corrected chi connectivity index (χ3v) is 6.79.